The highest BCUT2D eigenvalue weighted by Gasteiger charge is 2.09. The molecule has 2 rings (SSSR count). The van der Waals surface area contributed by atoms with Gasteiger partial charge in [-0.1, -0.05) is 57.9 Å². The van der Waals surface area contributed by atoms with Gasteiger partial charge in [-0.05, 0) is 30.2 Å². The summed E-state index contributed by atoms with van der Waals surface area (Å²) in [5.41, 5.74) is 3.00. The van der Waals surface area contributed by atoms with E-state index in [-0.39, 0.29) is 0 Å². The van der Waals surface area contributed by atoms with Crippen molar-refractivity contribution in [2.45, 2.75) is 13.0 Å². The van der Waals surface area contributed by atoms with Crippen molar-refractivity contribution in [3.63, 3.8) is 0 Å². The summed E-state index contributed by atoms with van der Waals surface area (Å²) in [5, 5.41) is 10.2. The Kier molecular flexibility index (Phi) is 3.42. The summed E-state index contributed by atoms with van der Waals surface area (Å²) in [5.74, 6) is 0. The summed E-state index contributed by atoms with van der Waals surface area (Å²) in [6.45, 7) is 2.03. The van der Waals surface area contributed by atoms with Crippen LogP contribution in [0.3, 0.4) is 0 Å². The normalized spacial score (nSPS) is 12.4. The maximum atomic E-state index is 10.2. The molecule has 0 aromatic heterocycles. The molecule has 82 valence electrons. The molecule has 2 aromatic carbocycles. The van der Waals surface area contributed by atoms with Gasteiger partial charge in [0.25, 0.3) is 0 Å². The third-order valence-electron chi connectivity index (χ3n) is 2.54. The van der Waals surface area contributed by atoms with Crippen LogP contribution in [0.1, 0.15) is 22.8 Å². The number of hydrogen-bond donors (Lipinski definition) is 1. The second-order valence-electron chi connectivity index (χ2n) is 3.87. The number of hydrogen-bond acceptors (Lipinski definition) is 1. The first-order valence-corrected chi connectivity index (χ1v) is 5.96. The van der Waals surface area contributed by atoms with Crippen LogP contribution in [-0.2, 0) is 0 Å². The number of aliphatic hydroxyl groups excluding tert-OH is 1. The lowest BCUT2D eigenvalue weighted by atomic mass is 10.0. The van der Waals surface area contributed by atoms with Gasteiger partial charge in [0.15, 0.2) is 0 Å². The highest BCUT2D eigenvalue weighted by atomic mass is 79.9. The van der Waals surface area contributed by atoms with Crippen LogP contribution in [0.15, 0.2) is 53.0 Å². The van der Waals surface area contributed by atoms with Crippen molar-refractivity contribution in [1.29, 1.82) is 0 Å². The first kappa shape index (κ1) is 11.4. The SMILES string of the molecule is Cc1cccc(C(O)c2ccc(Br)cc2)c1. The van der Waals surface area contributed by atoms with Crippen molar-refractivity contribution in [1.82, 2.24) is 0 Å². The van der Waals surface area contributed by atoms with Gasteiger partial charge in [-0.3, -0.25) is 0 Å². The van der Waals surface area contributed by atoms with Crippen LogP contribution >= 0.6 is 15.9 Å². The van der Waals surface area contributed by atoms with E-state index in [4.69, 9.17) is 0 Å². The quantitative estimate of drug-likeness (QED) is 0.884. The van der Waals surface area contributed by atoms with Gasteiger partial charge in [-0.25, -0.2) is 0 Å². The van der Waals surface area contributed by atoms with Crippen molar-refractivity contribution in [2.24, 2.45) is 0 Å². The van der Waals surface area contributed by atoms with E-state index >= 15 is 0 Å². The Morgan fingerprint density at radius 3 is 2.31 bits per heavy atom. The summed E-state index contributed by atoms with van der Waals surface area (Å²) in [7, 11) is 0. The fraction of sp³-hybridized carbons (Fsp3) is 0.143. The van der Waals surface area contributed by atoms with Crippen molar-refractivity contribution in [3.05, 3.63) is 69.7 Å². The topological polar surface area (TPSA) is 20.2 Å². The molecule has 0 fully saturated rings. The molecule has 1 nitrogen and oxygen atoms in total. The summed E-state index contributed by atoms with van der Waals surface area (Å²) >= 11 is 3.38. The van der Waals surface area contributed by atoms with Crippen molar-refractivity contribution in [3.8, 4) is 0 Å². The van der Waals surface area contributed by atoms with Gasteiger partial charge in [0.1, 0.15) is 6.10 Å². The molecule has 0 radical (unpaired) electrons. The molecule has 2 heteroatoms. The van der Waals surface area contributed by atoms with Crippen LogP contribution in [0.5, 0.6) is 0 Å². The zero-order chi connectivity index (χ0) is 11.5. The fourth-order valence-corrected chi connectivity index (χ4v) is 1.94. The minimum Gasteiger partial charge on any atom is -0.384 e. The largest absolute Gasteiger partial charge is 0.384 e. The van der Waals surface area contributed by atoms with E-state index in [1.54, 1.807) is 0 Å². The van der Waals surface area contributed by atoms with Gasteiger partial charge < -0.3 is 5.11 Å². The van der Waals surface area contributed by atoms with E-state index in [1.165, 1.54) is 0 Å². The number of benzene rings is 2. The molecule has 16 heavy (non-hydrogen) atoms. The molecule has 1 N–H and O–H groups in total. The summed E-state index contributed by atoms with van der Waals surface area (Å²) in [4.78, 5) is 0. The van der Waals surface area contributed by atoms with Crippen LogP contribution in [0.25, 0.3) is 0 Å². The smallest absolute Gasteiger partial charge is 0.104 e. The van der Waals surface area contributed by atoms with E-state index in [2.05, 4.69) is 15.9 Å². The number of rotatable bonds is 2. The number of aliphatic hydroxyl groups is 1. The predicted molar refractivity (Wildman–Crippen MR) is 69.4 cm³/mol. The van der Waals surface area contributed by atoms with Gasteiger partial charge in [0, 0.05) is 4.47 Å². The standard InChI is InChI=1S/C14H13BrO/c1-10-3-2-4-12(9-10)14(16)11-5-7-13(15)8-6-11/h2-9,14,16H,1H3. The Morgan fingerprint density at radius 1 is 1.00 bits per heavy atom. The molecule has 0 amide bonds. The van der Waals surface area contributed by atoms with Crippen molar-refractivity contribution in [2.75, 3.05) is 0 Å². The van der Waals surface area contributed by atoms with Gasteiger partial charge in [-0.15, -0.1) is 0 Å². The average Bonchev–Trinajstić information content (AvgIpc) is 2.29. The molecule has 0 aliphatic carbocycles. The van der Waals surface area contributed by atoms with Crippen LogP contribution in [0.2, 0.25) is 0 Å². The molecule has 0 saturated carbocycles. The Labute approximate surface area is 104 Å². The van der Waals surface area contributed by atoms with Gasteiger partial charge in [0.05, 0.1) is 0 Å². The lowest BCUT2D eigenvalue weighted by Gasteiger charge is -2.12. The summed E-state index contributed by atoms with van der Waals surface area (Å²) < 4.78 is 1.02. The highest BCUT2D eigenvalue weighted by Crippen LogP contribution is 2.23. The zero-order valence-electron chi connectivity index (χ0n) is 9.02. The second kappa shape index (κ2) is 4.81. The first-order chi connectivity index (χ1) is 7.66. The Bertz CT molecular complexity index is 476. The number of halogens is 1. The van der Waals surface area contributed by atoms with E-state index < -0.39 is 6.10 Å². The summed E-state index contributed by atoms with van der Waals surface area (Å²) in [6, 6.07) is 15.7. The fourth-order valence-electron chi connectivity index (χ4n) is 1.68. The van der Waals surface area contributed by atoms with E-state index in [0.29, 0.717) is 0 Å². The van der Waals surface area contributed by atoms with E-state index in [0.717, 1.165) is 21.2 Å². The molecular weight excluding hydrogens is 264 g/mol. The molecule has 1 atom stereocenters. The van der Waals surface area contributed by atoms with Gasteiger partial charge in [-0.2, -0.15) is 0 Å². The third-order valence-corrected chi connectivity index (χ3v) is 3.07. The van der Waals surface area contributed by atoms with Gasteiger partial charge >= 0.3 is 0 Å². The molecule has 0 aliphatic rings. The van der Waals surface area contributed by atoms with Crippen LogP contribution in [0.4, 0.5) is 0 Å². The lowest BCUT2D eigenvalue weighted by molar-refractivity contribution is 0.220. The van der Waals surface area contributed by atoms with Crippen molar-refractivity contribution < 1.29 is 5.11 Å². The minimum atomic E-state index is -0.548. The second-order valence-corrected chi connectivity index (χ2v) is 4.78. The van der Waals surface area contributed by atoms with E-state index in [9.17, 15) is 5.11 Å². The third kappa shape index (κ3) is 2.52. The van der Waals surface area contributed by atoms with Crippen LogP contribution in [-0.4, -0.2) is 5.11 Å². The Hall–Kier alpha value is -1.12. The summed E-state index contributed by atoms with van der Waals surface area (Å²) in [6.07, 6.45) is -0.548. The molecular formula is C14H13BrO. The van der Waals surface area contributed by atoms with Crippen LogP contribution < -0.4 is 0 Å². The van der Waals surface area contributed by atoms with Crippen molar-refractivity contribution >= 4 is 15.9 Å². The Balaban J connectivity index is 2.31. The lowest BCUT2D eigenvalue weighted by Crippen LogP contribution is -1.99. The molecule has 0 saturated heterocycles. The molecule has 1 unspecified atom stereocenters. The first-order valence-electron chi connectivity index (χ1n) is 5.17. The maximum absolute atomic E-state index is 10.2. The molecule has 0 bridgehead atoms. The number of aryl methyl sites for hydroxylation is 1. The Morgan fingerprint density at radius 2 is 1.69 bits per heavy atom. The zero-order valence-corrected chi connectivity index (χ0v) is 10.6. The van der Waals surface area contributed by atoms with Gasteiger partial charge in [0.2, 0.25) is 0 Å². The minimum absolute atomic E-state index is 0.548. The highest BCUT2D eigenvalue weighted by molar-refractivity contribution is 9.10. The van der Waals surface area contributed by atoms with Crippen LogP contribution in [0, 0.1) is 6.92 Å². The monoisotopic (exact) mass is 276 g/mol. The molecule has 0 spiro atoms. The average molecular weight is 277 g/mol. The molecule has 0 heterocycles. The van der Waals surface area contributed by atoms with E-state index in [1.807, 2.05) is 55.5 Å². The molecule has 2 aromatic rings. The molecule has 0 aliphatic heterocycles. The maximum Gasteiger partial charge on any atom is 0.104 e. The predicted octanol–water partition coefficient (Wildman–Crippen LogP) is 3.84.